The second-order valence-electron chi connectivity index (χ2n) is 4.66. The number of nitrogen functional groups attached to an aromatic ring is 1. The molecule has 0 aliphatic heterocycles. The van der Waals surface area contributed by atoms with Crippen LogP contribution in [0.4, 0.5) is 14.6 Å². The maximum atomic E-state index is 14.1. The van der Waals surface area contributed by atoms with Crippen molar-refractivity contribution in [2.45, 2.75) is 6.92 Å². The zero-order valence-electron chi connectivity index (χ0n) is 11.2. The molecule has 6 heteroatoms. The number of aromatic amines is 1. The molecule has 0 bridgehead atoms. The Morgan fingerprint density at radius 3 is 2.67 bits per heavy atom. The van der Waals surface area contributed by atoms with Crippen LogP contribution in [0.5, 0.6) is 0 Å². The van der Waals surface area contributed by atoms with E-state index < -0.39 is 11.6 Å². The van der Waals surface area contributed by atoms with Gasteiger partial charge in [-0.25, -0.2) is 8.78 Å². The molecule has 106 valence electrons. The van der Waals surface area contributed by atoms with E-state index in [1.165, 1.54) is 6.07 Å². The number of nitrogens with zero attached hydrogens (tertiary/aromatic N) is 2. The van der Waals surface area contributed by atoms with E-state index in [-0.39, 0.29) is 11.4 Å². The zero-order valence-corrected chi connectivity index (χ0v) is 11.2. The molecule has 1 aromatic carbocycles. The largest absolute Gasteiger partial charge is 0.382 e. The van der Waals surface area contributed by atoms with E-state index in [9.17, 15) is 8.78 Å². The van der Waals surface area contributed by atoms with Crippen molar-refractivity contribution in [2.24, 2.45) is 0 Å². The van der Waals surface area contributed by atoms with Crippen LogP contribution >= 0.6 is 0 Å². The smallest absolute Gasteiger partial charge is 0.155 e. The minimum absolute atomic E-state index is 0.207. The number of hydrogen-bond acceptors (Lipinski definition) is 3. The van der Waals surface area contributed by atoms with Crippen LogP contribution in [0, 0.1) is 18.6 Å². The number of hydrogen-bond donors (Lipinski definition) is 2. The number of aromatic nitrogens is 3. The third-order valence-corrected chi connectivity index (χ3v) is 3.23. The first-order valence-corrected chi connectivity index (χ1v) is 6.29. The molecular weight excluding hydrogens is 274 g/mol. The molecule has 0 atom stereocenters. The predicted octanol–water partition coefficient (Wildman–Crippen LogP) is 3.31. The highest BCUT2D eigenvalue weighted by Gasteiger charge is 2.19. The Labute approximate surface area is 119 Å². The number of pyridine rings is 1. The first kappa shape index (κ1) is 13.2. The molecule has 3 aromatic rings. The molecule has 0 aliphatic rings. The fourth-order valence-electron chi connectivity index (χ4n) is 2.17. The molecule has 0 saturated carbocycles. The van der Waals surface area contributed by atoms with Crippen molar-refractivity contribution in [1.29, 1.82) is 0 Å². The van der Waals surface area contributed by atoms with Gasteiger partial charge in [-0.1, -0.05) is 6.07 Å². The van der Waals surface area contributed by atoms with Crippen LogP contribution in [0.1, 0.15) is 5.56 Å². The minimum atomic E-state index is -0.682. The van der Waals surface area contributed by atoms with Crippen LogP contribution in [0.3, 0.4) is 0 Å². The Kier molecular flexibility index (Phi) is 3.13. The number of H-pyrrole nitrogens is 1. The van der Waals surface area contributed by atoms with Crippen molar-refractivity contribution in [3.63, 3.8) is 0 Å². The molecule has 0 amide bonds. The predicted molar refractivity (Wildman–Crippen MR) is 76.3 cm³/mol. The van der Waals surface area contributed by atoms with E-state index in [4.69, 9.17) is 5.73 Å². The Morgan fingerprint density at radius 1 is 1.14 bits per heavy atom. The van der Waals surface area contributed by atoms with E-state index in [1.54, 1.807) is 31.3 Å². The maximum absolute atomic E-state index is 14.1. The summed E-state index contributed by atoms with van der Waals surface area (Å²) < 4.78 is 27.5. The van der Waals surface area contributed by atoms with Gasteiger partial charge in [-0.3, -0.25) is 10.1 Å². The lowest BCUT2D eigenvalue weighted by molar-refractivity contribution is 0.579. The van der Waals surface area contributed by atoms with Crippen molar-refractivity contribution in [3.8, 4) is 22.5 Å². The molecule has 0 spiro atoms. The summed E-state index contributed by atoms with van der Waals surface area (Å²) in [5.74, 6) is -1.06. The van der Waals surface area contributed by atoms with Gasteiger partial charge in [0.1, 0.15) is 11.6 Å². The van der Waals surface area contributed by atoms with Gasteiger partial charge in [0.15, 0.2) is 5.82 Å². The van der Waals surface area contributed by atoms with Crippen molar-refractivity contribution < 1.29 is 8.78 Å². The summed E-state index contributed by atoms with van der Waals surface area (Å²) in [5, 5.41) is 6.61. The van der Waals surface area contributed by atoms with Gasteiger partial charge >= 0.3 is 0 Å². The Balaban J connectivity index is 2.24. The monoisotopic (exact) mass is 286 g/mol. The number of halogens is 2. The van der Waals surface area contributed by atoms with Gasteiger partial charge in [-0.05, 0) is 30.7 Å². The van der Waals surface area contributed by atoms with Crippen molar-refractivity contribution in [3.05, 3.63) is 53.7 Å². The van der Waals surface area contributed by atoms with Crippen molar-refractivity contribution in [1.82, 2.24) is 15.2 Å². The fourth-order valence-corrected chi connectivity index (χ4v) is 2.17. The second kappa shape index (κ2) is 4.97. The van der Waals surface area contributed by atoms with Crippen LogP contribution in [-0.4, -0.2) is 15.2 Å². The van der Waals surface area contributed by atoms with Gasteiger partial charge in [0.25, 0.3) is 0 Å². The maximum Gasteiger partial charge on any atom is 0.155 e. The average Bonchev–Trinajstić information content (AvgIpc) is 2.85. The third-order valence-electron chi connectivity index (χ3n) is 3.23. The lowest BCUT2D eigenvalue weighted by Crippen LogP contribution is -1.94. The van der Waals surface area contributed by atoms with E-state index in [1.807, 2.05) is 0 Å². The highest BCUT2D eigenvalue weighted by atomic mass is 19.1. The summed E-state index contributed by atoms with van der Waals surface area (Å²) in [5.41, 5.74) is 7.85. The number of benzene rings is 1. The highest BCUT2D eigenvalue weighted by Crippen LogP contribution is 2.35. The van der Waals surface area contributed by atoms with Crippen LogP contribution < -0.4 is 5.73 Å². The van der Waals surface area contributed by atoms with E-state index in [0.29, 0.717) is 22.5 Å². The fraction of sp³-hybridized carbons (Fsp3) is 0.0667. The Bertz CT molecular complexity index is 797. The molecule has 0 aliphatic carbocycles. The SMILES string of the molecule is Cc1cc(-c2[nH]nc(N)c2-c2ccccn2)c(F)cc1F. The molecular formula is C15H12F2N4. The topological polar surface area (TPSA) is 67.6 Å². The standard InChI is InChI=1S/C15H12F2N4/c1-8-6-9(11(17)7-10(8)16)14-13(15(18)21-20-14)12-4-2-3-5-19-12/h2-7H,1H3,(H3,18,20,21). The molecule has 2 heterocycles. The normalized spacial score (nSPS) is 10.8. The first-order chi connectivity index (χ1) is 10.1. The molecule has 0 fully saturated rings. The summed E-state index contributed by atoms with van der Waals surface area (Å²) in [6.07, 6.45) is 1.61. The summed E-state index contributed by atoms with van der Waals surface area (Å²) in [7, 11) is 0. The van der Waals surface area contributed by atoms with Gasteiger partial charge in [0.05, 0.1) is 17.0 Å². The quantitative estimate of drug-likeness (QED) is 0.759. The molecule has 3 N–H and O–H groups in total. The number of nitrogens with two attached hydrogens (primary N) is 1. The van der Waals surface area contributed by atoms with E-state index in [2.05, 4.69) is 15.2 Å². The van der Waals surface area contributed by atoms with E-state index in [0.717, 1.165) is 6.07 Å². The summed E-state index contributed by atoms with van der Waals surface area (Å²) in [6.45, 7) is 1.57. The summed E-state index contributed by atoms with van der Waals surface area (Å²) >= 11 is 0. The number of anilines is 1. The molecule has 0 radical (unpaired) electrons. The molecule has 0 saturated heterocycles. The van der Waals surface area contributed by atoms with E-state index >= 15 is 0 Å². The highest BCUT2D eigenvalue weighted by molar-refractivity contribution is 5.86. The lowest BCUT2D eigenvalue weighted by Gasteiger charge is -2.07. The molecule has 2 aromatic heterocycles. The summed E-state index contributed by atoms with van der Waals surface area (Å²) in [6, 6.07) is 7.58. The number of rotatable bonds is 2. The number of nitrogens with one attached hydrogen (secondary N) is 1. The number of aryl methyl sites for hydroxylation is 1. The van der Waals surface area contributed by atoms with Gasteiger partial charge in [0.2, 0.25) is 0 Å². The summed E-state index contributed by atoms with van der Waals surface area (Å²) in [4.78, 5) is 4.20. The third kappa shape index (κ3) is 2.24. The average molecular weight is 286 g/mol. The van der Waals surface area contributed by atoms with Crippen LogP contribution in [0.15, 0.2) is 36.5 Å². The van der Waals surface area contributed by atoms with Crippen LogP contribution in [-0.2, 0) is 0 Å². The van der Waals surface area contributed by atoms with Crippen LogP contribution in [0.25, 0.3) is 22.5 Å². The van der Waals surface area contributed by atoms with Gasteiger partial charge < -0.3 is 5.73 Å². The lowest BCUT2D eigenvalue weighted by atomic mass is 10.0. The Morgan fingerprint density at radius 2 is 1.95 bits per heavy atom. The first-order valence-electron chi connectivity index (χ1n) is 6.29. The van der Waals surface area contributed by atoms with Crippen molar-refractivity contribution in [2.75, 3.05) is 5.73 Å². The molecule has 4 nitrogen and oxygen atoms in total. The molecule has 0 unspecified atom stereocenters. The van der Waals surface area contributed by atoms with Crippen LogP contribution in [0.2, 0.25) is 0 Å². The molecule has 21 heavy (non-hydrogen) atoms. The van der Waals surface area contributed by atoms with Gasteiger partial charge in [-0.2, -0.15) is 5.10 Å². The second-order valence-corrected chi connectivity index (χ2v) is 4.66. The Hall–Kier alpha value is -2.76. The zero-order chi connectivity index (χ0) is 15.0. The molecule has 3 rings (SSSR count). The minimum Gasteiger partial charge on any atom is -0.382 e. The van der Waals surface area contributed by atoms with Gasteiger partial charge in [-0.15, -0.1) is 0 Å². The van der Waals surface area contributed by atoms with Gasteiger partial charge in [0, 0.05) is 17.8 Å². The van der Waals surface area contributed by atoms with Crippen molar-refractivity contribution >= 4 is 5.82 Å².